The molecule has 2 rings (SSSR count). The summed E-state index contributed by atoms with van der Waals surface area (Å²) in [4.78, 5) is 11.2. The Hall–Kier alpha value is -1.95. The fraction of sp³-hybridized carbons (Fsp3) is 0.462. The van der Waals surface area contributed by atoms with Gasteiger partial charge in [-0.05, 0) is 13.1 Å². The summed E-state index contributed by atoms with van der Waals surface area (Å²) < 4.78 is 16.3. The van der Waals surface area contributed by atoms with Gasteiger partial charge < -0.3 is 24.8 Å². The highest BCUT2D eigenvalue weighted by Crippen LogP contribution is 2.38. The largest absolute Gasteiger partial charge is 0.493 e. The van der Waals surface area contributed by atoms with Crippen molar-refractivity contribution in [2.24, 2.45) is 0 Å². The van der Waals surface area contributed by atoms with Crippen LogP contribution >= 0.6 is 0 Å². The highest BCUT2D eigenvalue weighted by molar-refractivity contribution is 5.75. The molecule has 6 heteroatoms. The van der Waals surface area contributed by atoms with Gasteiger partial charge >= 0.3 is 0 Å². The third-order valence-electron chi connectivity index (χ3n) is 2.79. The number of nitrogens with one attached hydrogen (secondary N) is 2. The van der Waals surface area contributed by atoms with Crippen molar-refractivity contribution in [2.75, 3.05) is 27.5 Å². The average molecular weight is 266 g/mol. The van der Waals surface area contributed by atoms with Crippen molar-refractivity contribution in [2.45, 2.75) is 13.0 Å². The minimum Gasteiger partial charge on any atom is -0.493 e. The molecule has 0 radical (unpaired) electrons. The van der Waals surface area contributed by atoms with Crippen molar-refractivity contribution in [1.29, 1.82) is 0 Å². The summed E-state index contributed by atoms with van der Waals surface area (Å²) in [6, 6.07) is 3.70. The molecule has 1 aromatic rings. The maximum atomic E-state index is 11.2. The van der Waals surface area contributed by atoms with Gasteiger partial charge in [-0.15, -0.1) is 0 Å². The lowest BCUT2D eigenvalue weighted by molar-refractivity contribution is -0.121. The number of amides is 1. The predicted octanol–water partition coefficient (Wildman–Crippen LogP) is 0.650. The van der Waals surface area contributed by atoms with Gasteiger partial charge in [0.2, 0.25) is 12.7 Å². The minimum absolute atomic E-state index is 0.0455. The Morgan fingerprint density at radius 3 is 2.74 bits per heavy atom. The summed E-state index contributed by atoms with van der Waals surface area (Å²) in [5.74, 6) is 2.07. The van der Waals surface area contributed by atoms with E-state index < -0.39 is 0 Å². The van der Waals surface area contributed by atoms with Gasteiger partial charge in [0.15, 0.2) is 11.5 Å². The molecular formula is C13H18N2O4. The van der Waals surface area contributed by atoms with Crippen LogP contribution in [0.2, 0.25) is 0 Å². The summed E-state index contributed by atoms with van der Waals surface area (Å²) >= 11 is 0. The Morgan fingerprint density at radius 1 is 1.32 bits per heavy atom. The van der Waals surface area contributed by atoms with Crippen molar-refractivity contribution >= 4 is 5.91 Å². The first kappa shape index (κ1) is 13.5. The molecule has 0 bridgehead atoms. The van der Waals surface area contributed by atoms with Crippen LogP contribution in [0.5, 0.6) is 17.2 Å². The van der Waals surface area contributed by atoms with Crippen molar-refractivity contribution in [1.82, 2.24) is 10.6 Å². The Labute approximate surface area is 112 Å². The number of hydrogen-bond donors (Lipinski definition) is 2. The molecule has 1 aliphatic heterocycles. The van der Waals surface area contributed by atoms with E-state index in [-0.39, 0.29) is 12.7 Å². The second-order valence-electron chi connectivity index (χ2n) is 4.12. The standard InChI is InChI=1S/C13H18N2O4/c1-14-7-9-5-11-12(19-8-18-11)6-10(9)17-4-3-13(16)15-2/h5-6,14H,3-4,7-8H2,1-2H3,(H,15,16). The van der Waals surface area contributed by atoms with Gasteiger partial charge in [-0.2, -0.15) is 0 Å². The predicted molar refractivity (Wildman–Crippen MR) is 69.5 cm³/mol. The van der Waals surface area contributed by atoms with E-state index in [1.54, 1.807) is 13.1 Å². The molecule has 0 aliphatic carbocycles. The molecule has 104 valence electrons. The molecule has 0 fully saturated rings. The van der Waals surface area contributed by atoms with Crippen molar-refractivity contribution in [3.05, 3.63) is 17.7 Å². The summed E-state index contributed by atoms with van der Waals surface area (Å²) in [7, 11) is 3.47. The number of ether oxygens (including phenoxy) is 3. The van der Waals surface area contributed by atoms with Crippen LogP contribution in [0.25, 0.3) is 0 Å². The molecule has 6 nitrogen and oxygen atoms in total. The monoisotopic (exact) mass is 266 g/mol. The van der Waals surface area contributed by atoms with Gasteiger partial charge in [0.1, 0.15) is 5.75 Å². The maximum absolute atomic E-state index is 11.2. The summed E-state index contributed by atoms with van der Waals surface area (Å²) in [6.07, 6.45) is 0.323. The number of fused-ring (bicyclic) bond motifs is 1. The lowest BCUT2D eigenvalue weighted by Crippen LogP contribution is -2.20. The van der Waals surface area contributed by atoms with Gasteiger partial charge in [0.25, 0.3) is 0 Å². The van der Waals surface area contributed by atoms with E-state index in [0.29, 0.717) is 31.1 Å². The number of benzene rings is 1. The third-order valence-corrected chi connectivity index (χ3v) is 2.79. The smallest absolute Gasteiger partial charge is 0.231 e. The molecule has 0 atom stereocenters. The summed E-state index contributed by atoms with van der Waals surface area (Å²) in [6.45, 7) is 1.22. The van der Waals surface area contributed by atoms with Gasteiger partial charge in [-0.3, -0.25) is 4.79 Å². The third kappa shape index (κ3) is 3.29. The molecule has 1 aromatic carbocycles. The van der Waals surface area contributed by atoms with E-state index in [0.717, 1.165) is 11.3 Å². The number of hydrogen-bond acceptors (Lipinski definition) is 5. The summed E-state index contributed by atoms with van der Waals surface area (Å²) in [5, 5.41) is 5.63. The first-order valence-corrected chi connectivity index (χ1v) is 6.15. The molecular weight excluding hydrogens is 248 g/mol. The van der Waals surface area contributed by atoms with Gasteiger partial charge in [-0.25, -0.2) is 0 Å². The highest BCUT2D eigenvalue weighted by Gasteiger charge is 2.17. The van der Waals surface area contributed by atoms with Crippen LogP contribution < -0.4 is 24.8 Å². The second kappa shape index (κ2) is 6.29. The molecule has 1 aliphatic rings. The van der Waals surface area contributed by atoms with Crippen molar-refractivity contribution < 1.29 is 19.0 Å². The van der Waals surface area contributed by atoms with E-state index in [9.17, 15) is 4.79 Å². The zero-order valence-electron chi connectivity index (χ0n) is 11.1. The topological polar surface area (TPSA) is 68.8 Å². The van der Waals surface area contributed by atoms with E-state index in [4.69, 9.17) is 14.2 Å². The lowest BCUT2D eigenvalue weighted by atomic mass is 10.1. The van der Waals surface area contributed by atoms with E-state index in [1.165, 1.54) is 0 Å². The van der Waals surface area contributed by atoms with Crippen LogP contribution in [0.4, 0.5) is 0 Å². The van der Waals surface area contributed by atoms with Gasteiger partial charge in [0, 0.05) is 25.2 Å². The average Bonchev–Trinajstić information content (AvgIpc) is 2.86. The number of carbonyl (C=O) groups excluding carboxylic acids is 1. The normalized spacial score (nSPS) is 12.3. The molecule has 0 unspecified atom stereocenters. The molecule has 19 heavy (non-hydrogen) atoms. The molecule has 0 spiro atoms. The zero-order chi connectivity index (χ0) is 13.7. The Morgan fingerprint density at radius 2 is 2.05 bits per heavy atom. The van der Waals surface area contributed by atoms with Crippen molar-refractivity contribution in [3.8, 4) is 17.2 Å². The van der Waals surface area contributed by atoms with Gasteiger partial charge in [-0.1, -0.05) is 0 Å². The zero-order valence-corrected chi connectivity index (χ0v) is 11.1. The molecule has 1 amide bonds. The molecule has 2 N–H and O–H groups in total. The first-order chi connectivity index (χ1) is 9.24. The SMILES string of the molecule is CNCc1cc2c(cc1OCCC(=O)NC)OCO2. The Bertz CT molecular complexity index is 462. The van der Waals surface area contributed by atoms with E-state index in [1.807, 2.05) is 13.1 Å². The van der Waals surface area contributed by atoms with E-state index >= 15 is 0 Å². The van der Waals surface area contributed by atoms with Crippen molar-refractivity contribution in [3.63, 3.8) is 0 Å². The number of rotatable bonds is 6. The quantitative estimate of drug-likeness (QED) is 0.791. The second-order valence-corrected chi connectivity index (χ2v) is 4.12. The fourth-order valence-corrected chi connectivity index (χ4v) is 1.81. The molecule has 0 aromatic heterocycles. The van der Waals surface area contributed by atoms with Crippen LogP contribution in [-0.2, 0) is 11.3 Å². The molecule has 1 heterocycles. The number of carbonyl (C=O) groups is 1. The molecule has 0 saturated heterocycles. The summed E-state index contributed by atoms with van der Waals surface area (Å²) in [5.41, 5.74) is 0.976. The molecule has 0 saturated carbocycles. The van der Waals surface area contributed by atoms with Crippen LogP contribution in [0.1, 0.15) is 12.0 Å². The van der Waals surface area contributed by atoms with Crippen LogP contribution in [-0.4, -0.2) is 33.4 Å². The van der Waals surface area contributed by atoms with Gasteiger partial charge in [0.05, 0.1) is 13.0 Å². The van der Waals surface area contributed by atoms with E-state index in [2.05, 4.69) is 10.6 Å². The Balaban J connectivity index is 2.07. The fourth-order valence-electron chi connectivity index (χ4n) is 1.81. The maximum Gasteiger partial charge on any atom is 0.231 e. The first-order valence-electron chi connectivity index (χ1n) is 6.15. The minimum atomic E-state index is -0.0455. The van der Waals surface area contributed by atoms with Crippen LogP contribution in [0.3, 0.4) is 0 Å². The van der Waals surface area contributed by atoms with Crippen LogP contribution in [0.15, 0.2) is 12.1 Å². The Kier molecular flexibility index (Phi) is 4.46. The van der Waals surface area contributed by atoms with Crippen LogP contribution in [0, 0.1) is 0 Å². The highest BCUT2D eigenvalue weighted by atomic mass is 16.7. The lowest BCUT2D eigenvalue weighted by Gasteiger charge is -2.12.